The van der Waals surface area contributed by atoms with E-state index in [0.717, 1.165) is 22.0 Å². The van der Waals surface area contributed by atoms with Gasteiger partial charge in [0.25, 0.3) is 0 Å². The summed E-state index contributed by atoms with van der Waals surface area (Å²) in [6.07, 6.45) is 1.74. The molecule has 0 aliphatic rings. The third-order valence-corrected chi connectivity index (χ3v) is 4.05. The summed E-state index contributed by atoms with van der Waals surface area (Å²) >= 11 is 0. The lowest BCUT2D eigenvalue weighted by Gasteiger charge is -2.02. The van der Waals surface area contributed by atoms with Crippen LogP contribution in [0.25, 0.3) is 10.8 Å². The van der Waals surface area contributed by atoms with Gasteiger partial charge in [-0.15, -0.1) is 0 Å². The molecule has 1 aromatic heterocycles. The average molecular weight is 337 g/mol. The zero-order chi connectivity index (χ0) is 17.8. The molecule has 5 heteroatoms. The number of para-hydroxylation sites is 1. The summed E-state index contributed by atoms with van der Waals surface area (Å²) in [6.45, 7) is 0. The van der Waals surface area contributed by atoms with Crippen molar-refractivity contribution in [1.29, 1.82) is 5.26 Å². The van der Waals surface area contributed by atoms with Gasteiger partial charge in [0, 0.05) is 17.5 Å². The van der Waals surface area contributed by atoms with Crippen LogP contribution in [0.1, 0.15) is 11.1 Å². The summed E-state index contributed by atoms with van der Waals surface area (Å²) in [6, 6.07) is 25.9. The molecule has 0 bridgehead atoms. The number of aromatic amines is 1. The number of rotatable bonds is 4. The van der Waals surface area contributed by atoms with Crippen molar-refractivity contribution >= 4 is 34.3 Å². The Morgan fingerprint density at radius 1 is 0.962 bits per heavy atom. The SMILES string of the molecule is N#Cc1c(N=Cc2cccc3ccccc23)n[nH]c1Nc1ccccc1. The topological polar surface area (TPSA) is 76.9 Å². The Bertz CT molecular complexity index is 1110. The average Bonchev–Trinajstić information content (AvgIpc) is 3.08. The maximum absolute atomic E-state index is 9.51. The fourth-order valence-electron chi connectivity index (χ4n) is 2.78. The van der Waals surface area contributed by atoms with E-state index in [4.69, 9.17) is 0 Å². The fraction of sp³-hybridized carbons (Fsp3) is 0. The summed E-state index contributed by atoms with van der Waals surface area (Å²) < 4.78 is 0. The molecule has 0 spiro atoms. The number of anilines is 2. The summed E-state index contributed by atoms with van der Waals surface area (Å²) in [5.74, 6) is 0.891. The molecule has 0 saturated carbocycles. The zero-order valence-corrected chi connectivity index (χ0v) is 13.8. The molecule has 0 aliphatic heterocycles. The Morgan fingerprint density at radius 2 is 1.73 bits per heavy atom. The van der Waals surface area contributed by atoms with Crippen LogP contribution in [-0.4, -0.2) is 16.4 Å². The van der Waals surface area contributed by atoms with Crippen LogP contribution in [0.15, 0.2) is 77.8 Å². The van der Waals surface area contributed by atoms with Crippen LogP contribution in [0.4, 0.5) is 17.3 Å². The van der Waals surface area contributed by atoms with Crippen molar-refractivity contribution in [2.24, 2.45) is 4.99 Å². The van der Waals surface area contributed by atoms with Gasteiger partial charge in [-0.25, -0.2) is 4.99 Å². The largest absolute Gasteiger partial charge is 0.339 e. The van der Waals surface area contributed by atoms with Crippen LogP contribution in [0.5, 0.6) is 0 Å². The number of H-pyrrole nitrogens is 1. The van der Waals surface area contributed by atoms with E-state index in [2.05, 4.69) is 44.8 Å². The fourth-order valence-corrected chi connectivity index (χ4v) is 2.78. The number of hydrogen-bond acceptors (Lipinski definition) is 4. The van der Waals surface area contributed by atoms with Crippen LogP contribution in [0.3, 0.4) is 0 Å². The van der Waals surface area contributed by atoms with Crippen LogP contribution in [0.2, 0.25) is 0 Å². The second-order valence-corrected chi connectivity index (χ2v) is 5.73. The number of nitrogens with zero attached hydrogens (tertiary/aromatic N) is 3. The highest BCUT2D eigenvalue weighted by Crippen LogP contribution is 2.26. The number of nitrogens with one attached hydrogen (secondary N) is 2. The van der Waals surface area contributed by atoms with Gasteiger partial charge in [-0.05, 0) is 22.9 Å². The Labute approximate surface area is 150 Å². The molecule has 0 saturated heterocycles. The second-order valence-electron chi connectivity index (χ2n) is 5.73. The van der Waals surface area contributed by atoms with E-state index in [1.807, 2.05) is 54.6 Å². The van der Waals surface area contributed by atoms with E-state index in [-0.39, 0.29) is 0 Å². The first-order valence-corrected chi connectivity index (χ1v) is 8.17. The van der Waals surface area contributed by atoms with E-state index in [9.17, 15) is 5.26 Å². The van der Waals surface area contributed by atoms with Crippen molar-refractivity contribution in [2.75, 3.05) is 5.32 Å². The van der Waals surface area contributed by atoms with Crippen molar-refractivity contribution in [3.05, 3.63) is 83.9 Å². The van der Waals surface area contributed by atoms with E-state index in [0.29, 0.717) is 17.2 Å². The molecular formula is C21H15N5. The van der Waals surface area contributed by atoms with E-state index in [1.165, 1.54) is 0 Å². The Kier molecular flexibility index (Phi) is 4.15. The molecule has 4 rings (SSSR count). The lowest BCUT2D eigenvalue weighted by Crippen LogP contribution is -1.92. The van der Waals surface area contributed by atoms with E-state index in [1.54, 1.807) is 6.21 Å². The van der Waals surface area contributed by atoms with Crippen LogP contribution < -0.4 is 5.32 Å². The summed E-state index contributed by atoms with van der Waals surface area (Å²) in [5, 5.41) is 21.9. The van der Waals surface area contributed by atoms with Crippen molar-refractivity contribution in [3.8, 4) is 6.07 Å². The smallest absolute Gasteiger partial charge is 0.193 e. The van der Waals surface area contributed by atoms with Crippen molar-refractivity contribution < 1.29 is 0 Å². The molecule has 0 aliphatic carbocycles. The molecule has 4 aromatic rings. The highest BCUT2D eigenvalue weighted by Gasteiger charge is 2.12. The van der Waals surface area contributed by atoms with Gasteiger partial charge in [0.1, 0.15) is 17.5 Å². The van der Waals surface area contributed by atoms with Crippen LogP contribution in [-0.2, 0) is 0 Å². The number of nitriles is 1. The van der Waals surface area contributed by atoms with Crippen molar-refractivity contribution in [2.45, 2.75) is 0 Å². The standard InChI is InChI=1S/C21H15N5/c22-13-19-20(25-26-21(19)24-17-10-2-1-3-11-17)23-14-16-9-6-8-15-7-4-5-12-18(15)16/h1-12,14H,(H2,24,25,26). The first-order valence-electron chi connectivity index (χ1n) is 8.17. The molecule has 1 heterocycles. The van der Waals surface area contributed by atoms with Gasteiger partial charge in [-0.2, -0.15) is 10.4 Å². The first-order chi connectivity index (χ1) is 12.8. The van der Waals surface area contributed by atoms with Crippen LogP contribution >= 0.6 is 0 Å². The molecule has 0 fully saturated rings. The van der Waals surface area contributed by atoms with Gasteiger partial charge in [0.05, 0.1) is 0 Å². The van der Waals surface area contributed by atoms with Gasteiger partial charge in [-0.1, -0.05) is 60.7 Å². The molecule has 2 N–H and O–H groups in total. The predicted octanol–water partition coefficient (Wildman–Crippen LogP) is 4.93. The molecule has 5 nitrogen and oxygen atoms in total. The third kappa shape index (κ3) is 3.04. The number of hydrogen-bond donors (Lipinski definition) is 2. The number of aromatic nitrogens is 2. The van der Waals surface area contributed by atoms with Gasteiger partial charge in [-0.3, -0.25) is 5.10 Å². The maximum Gasteiger partial charge on any atom is 0.193 e. The monoisotopic (exact) mass is 337 g/mol. The molecule has 0 amide bonds. The molecule has 0 atom stereocenters. The molecule has 3 aromatic carbocycles. The minimum Gasteiger partial charge on any atom is -0.339 e. The summed E-state index contributed by atoms with van der Waals surface area (Å²) in [5.41, 5.74) is 2.23. The Balaban J connectivity index is 1.66. The zero-order valence-electron chi connectivity index (χ0n) is 13.8. The lowest BCUT2D eigenvalue weighted by atomic mass is 10.1. The normalized spacial score (nSPS) is 10.9. The molecule has 26 heavy (non-hydrogen) atoms. The molecule has 124 valence electrons. The second kappa shape index (κ2) is 6.91. The van der Waals surface area contributed by atoms with Crippen molar-refractivity contribution in [3.63, 3.8) is 0 Å². The summed E-state index contributed by atoms with van der Waals surface area (Å²) in [7, 11) is 0. The van der Waals surface area contributed by atoms with Gasteiger partial charge in [0.15, 0.2) is 5.82 Å². The molecular weight excluding hydrogens is 322 g/mol. The summed E-state index contributed by atoms with van der Waals surface area (Å²) in [4.78, 5) is 4.43. The minimum absolute atomic E-state index is 0.360. The van der Waals surface area contributed by atoms with E-state index < -0.39 is 0 Å². The predicted molar refractivity (Wildman–Crippen MR) is 104 cm³/mol. The lowest BCUT2D eigenvalue weighted by molar-refractivity contribution is 1.09. The first kappa shape index (κ1) is 15.6. The highest BCUT2D eigenvalue weighted by molar-refractivity contribution is 6.00. The third-order valence-electron chi connectivity index (χ3n) is 4.05. The Morgan fingerprint density at radius 3 is 2.58 bits per heavy atom. The van der Waals surface area contributed by atoms with E-state index >= 15 is 0 Å². The quantitative estimate of drug-likeness (QED) is 0.518. The molecule has 0 radical (unpaired) electrons. The number of benzene rings is 3. The van der Waals surface area contributed by atoms with Crippen molar-refractivity contribution in [1.82, 2.24) is 10.2 Å². The van der Waals surface area contributed by atoms with Gasteiger partial charge >= 0.3 is 0 Å². The van der Waals surface area contributed by atoms with Gasteiger partial charge < -0.3 is 5.32 Å². The Hall–Kier alpha value is -3.91. The van der Waals surface area contributed by atoms with Gasteiger partial charge in [0.2, 0.25) is 0 Å². The van der Waals surface area contributed by atoms with Crippen LogP contribution in [0, 0.1) is 11.3 Å². The number of aliphatic imine (C=N–C) groups is 1. The maximum atomic E-state index is 9.51. The highest BCUT2D eigenvalue weighted by atomic mass is 15.2. The minimum atomic E-state index is 0.360. The molecule has 0 unspecified atom stereocenters. The number of fused-ring (bicyclic) bond motifs is 1.